The largest absolute Gasteiger partial charge is 0.381 e. The molecule has 3 heterocycles. The van der Waals surface area contributed by atoms with Gasteiger partial charge in [-0.15, -0.1) is 0 Å². The van der Waals surface area contributed by atoms with E-state index in [1.165, 1.54) is 0 Å². The second-order valence-electron chi connectivity index (χ2n) is 9.28. The van der Waals surface area contributed by atoms with Crippen molar-refractivity contribution in [1.82, 2.24) is 14.1 Å². The summed E-state index contributed by atoms with van der Waals surface area (Å²) in [6.45, 7) is 9.83. The van der Waals surface area contributed by atoms with Gasteiger partial charge in [-0.2, -0.15) is 0 Å². The normalized spacial score (nSPS) is 15.4. The van der Waals surface area contributed by atoms with E-state index in [0.29, 0.717) is 12.5 Å². The Kier molecular flexibility index (Phi) is 5.91. The van der Waals surface area contributed by atoms with Crippen molar-refractivity contribution in [1.29, 1.82) is 0 Å². The summed E-state index contributed by atoms with van der Waals surface area (Å²) in [6, 6.07) is 13.6. The lowest BCUT2D eigenvalue weighted by atomic mass is 9.94. The van der Waals surface area contributed by atoms with Gasteiger partial charge >= 0.3 is 0 Å². The molecular weight excluding hydrogens is 374 g/mol. The Morgan fingerprint density at radius 3 is 2.43 bits per heavy atom. The number of hydrogen-bond acceptors (Lipinski definition) is 3. The second kappa shape index (κ2) is 8.60. The van der Waals surface area contributed by atoms with Gasteiger partial charge in [-0.1, -0.05) is 51.1 Å². The summed E-state index contributed by atoms with van der Waals surface area (Å²) < 4.78 is 9.61. The molecule has 5 nitrogen and oxygen atoms in total. The van der Waals surface area contributed by atoms with Crippen molar-refractivity contribution in [2.24, 2.45) is 5.92 Å². The zero-order valence-corrected chi connectivity index (χ0v) is 18.2. The SMILES string of the molecule is CC(C)(C)c1nc(-c2ccc(=O)n(Cc3ccccc3)c2)cn1CC1CCOCC1. The maximum Gasteiger partial charge on any atom is 0.250 e. The maximum absolute atomic E-state index is 12.4. The summed E-state index contributed by atoms with van der Waals surface area (Å²) >= 11 is 0. The number of aromatic nitrogens is 3. The molecule has 1 fully saturated rings. The average Bonchev–Trinajstić information content (AvgIpc) is 3.15. The molecule has 1 aromatic carbocycles. The summed E-state index contributed by atoms with van der Waals surface area (Å²) in [4.78, 5) is 17.4. The molecule has 5 heteroatoms. The second-order valence-corrected chi connectivity index (χ2v) is 9.28. The van der Waals surface area contributed by atoms with Gasteiger partial charge in [0.05, 0.1) is 12.2 Å². The van der Waals surface area contributed by atoms with Crippen LogP contribution in [0, 0.1) is 5.92 Å². The Hall–Kier alpha value is -2.66. The van der Waals surface area contributed by atoms with Crippen LogP contribution in [0.25, 0.3) is 11.3 Å². The zero-order chi connectivity index (χ0) is 21.1. The van der Waals surface area contributed by atoms with Crippen LogP contribution in [0.4, 0.5) is 0 Å². The van der Waals surface area contributed by atoms with E-state index in [2.05, 4.69) is 31.5 Å². The first kappa shape index (κ1) is 20.6. The number of pyridine rings is 1. The first-order valence-electron chi connectivity index (χ1n) is 10.8. The minimum Gasteiger partial charge on any atom is -0.381 e. The molecule has 0 spiro atoms. The van der Waals surface area contributed by atoms with E-state index < -0.39 is 0 Å². The molecule has 158 valence electrons. The van der Waals surface area contributed by atoms with Crippen molar-refractivity contribution in [3.05, 3.63) is 76.6 Å². The van der Waals surface area contributed by atoms with Gasteiger partial charge in [0.2, 0.25) is 0 Å². The summed E-state index contributed by atoms with van der Waals surface area (Å²) in [5.41, 5.74) is 2.95. The highest BCUT2D eigenvalue weighted by molar-refractivity contribution is 5.57. The van der Waals surface area contributed by atoms with Crippen LogP contribution in [0.5, 0.6) is 0 Å². The van der Waals surface area contributed by atoms with E-state index in [1.807, 2.05) is 42.6 Å². The molecular formula is C25H31N3O2. The fourth-order valence-corrected chi connectivity index (χ4v) is 4.09. The number of imidazole rings is 1. The van der Waals surface area contributed by atoms with Crippen LogP contribution in [-0.4, -0.2) is 27.3 Å². The van der Waals surface area contributed by atoms with Gasteiger partial charge in [0.15, 0.2) is 0 Å². The van der Waals surface area contributed by atoms with E-state index in [9.17, 15) is 4.79 Å². The molecule has 30 heavy (non-hydrogen) atoms. The fourth-order valence-electron chi connectivity index (χ4n) is 4.09. The predicted octanol–water partition coefficient (Wildman–Crippen LogP) is 4.48. The van der Waals surface area contributed by atoms with Gasteiger partial charge in [0.1, 0.15) is 5.82 Å². The number of nitrogens with zero attached hydrogens (tertiary/aromatic N) is 3. The van der Waals surface area contributed by atoms with Crippen molar-refractivity contribution in [2.75, 3.05) is 13.2 Å². The summed E-state index contributed by atoms with van der Waals surface area (Å²) in [7, 11) is 0. The summed E-state index contributed by atoms with van der Waals surface area (Å²) in [5.74, 6) is 1.71. The van der Waals surface area contributed by atoms with Crippen LogP contribution >= 0.6 is 0 Å². The highest BCUT2D eigenvalue weighted by Crippen LogP contribution is 2.28. The monoisotopic (exact) mass is 405 g/mol. The highest BCUT2D eigenvalue weighted by atomic mass is 16.5. The maximum atomic E-state index is 12.4. The van der Waals surface area contributed by atoms with Crippen molar-refractivity contribution in [3.8, 4) is 11.3 Å². The lowest BCUT2D eigenvalue weighted by molar-refractivity contribution is 0.0608. The molecule has 0 bridgehead atoms. The standard InChI is InChI=1S/C25H31N3O2/c1-25(2,3)24-26-22(18-28(24)16-20-11-13-30-14-12-20)21-9-10-23(29)27(17-21)15-19-7-5-4-6-8-19/h4-10,17-18,20H,11-16H2,1-3H3. The lowest BCUT2D eigenvalue weighted by Gasteiger charge is -2.25. The quantitative estimate of drug-likeness (QED) is 0.629. The molecule has 0 unspecified atom stereocenters. The van der Waals surface area contributed by atoms with Crippen LogP contribution in [0.15, 0.2) is 59.7 Å². The molecule has 0 radical (unpaired) electrons. The Labute approximate surface area is 178 Å². The first-order valence-corrected chi connectivity index (χ1v) is 10.8. The average molecular weight is 406 g/mol. The molecule has 2 aromatic heterocycles. The molecule has 1 saturated heterocycles. The number of ether oxygens (including phenoxy) is 1. The van der Waals surface area contributed by atoms with Gasteiger partial charge in [0.25, 0.3) is 5.56 Å². The van der Waals surface area contributed by atoms with Crippen LogP contribution in [0.1, 0.15) is 45.0 Å². The topological polar surface area (TPSA) is 49.0 Å². The van der Waals surface area contributed by atoms with Crippen LogP contribution in [-0.2, 0) is 23.2 Å². The predicted molar refractivity (Wildman–Crippen MR) is 120 cm³/mol. The Morgan fingerprint density at radius 2 is 1.73 bits per heavy atom. The number of benzene rings is 1. The first-order chi connectivity index (χ1) is 14.4. The lowest BCUT2D eigenvalue weighted by Crippen LogP contribution is -2.24. The molecule has 0 amide bonds. The van der Waals surface area contributed by atoms with E-state index >= 15 is 0 Å². The van der Waals surface area contributed by atoms with E-state index in [0.717, 1.165) is 55.2 Å². The molecule has 0 N–H and O–H groups in total. The molecule has 4 rings (SSSR count). The fraction of sp³-hybridized carbons (Fsp3) is 0.440. The highest BCUT2D eigenvalue weighted by Gasteiger charge is 2.24. The third-order valence-corrected chi connectivity index (χ3v) is 5.72. The van der Waals surface area contributed by atoms with Gasteiger partial charge in [-0.3, -0.25) is 4.79 Å². The number of rotatable bonds is 5. The molecule has 1 aliphatic rings. The summed E-state index contributed by atoms with van der Waals surface area (Å²) in [6.07, 6.45) is 6.28. The number of hydrogen-bond donors (Lipinski definition) is 0. The van der Waals surface area contributed by atoms with E-state index in [4.69, 9.17) is 9.72 Å². The van der Waals surface area contributed by atoms with Crippen LogP contribution < -0.4 is 5.56 Å². The molecule has 3 aromatic rings. The van der Waals surface area contributed by atoms with Gasteiger partial charge in [0, 0.05) is 49.2 Å². The summed E-state index contributed by atoms with van der Waals surface area (Å²) in [5, 5.41) is 0. The van der Waals surface area contributed by atoms with Crippen molar-refractivity contribution in [2.45, 2.75) is 52.1 Å². The Balaban J connectivity index is 1.66. The zero-order valence-electron chi connectivity index (χ0n) is 18.2. The van der Waals surface area contributed by atoms with E-state index in [-0.39, 0.29) is 11.0 Å². The molecule has 0 aliphatic carbocycles. The Bertz CT molecular complexity index is 1040. The van der Waals surface area contributed by atoms with Crippen LogP contribution in [0.2, 0.25) is 0 Å². The Morgan fingerprint density at radius 1 is 1.00 bits per heavy atom. The third kappa shape index (κ3) is 4.73. The van der Waals surface area contributed by atoms with Gasteiger partial charge in [-0.25, -0.2) is 4.98 Å². The van der Waals surface area contributed by atoms with Gasteiger partial charge in [-0.05, 0) is 30.4 Å². The third-order valence-electron chi connectivity index (χ3n) is 5.72. The smallest absolute Gasteiger partial charge is 0.250 e. The minimum absolute atomic E-state index is 0.000265. The molecule has 0 atom stereocenters. The van der Waals surface area contributed by atoms with Gasteiger partial charge < -0.3 is 13.9 Å². The van der Waals surface area contributed by atoms with Crippen molar-refractivity contribution < 1.29 is 4.74 Å². The van der Waals surface area contributed by atoms with Crippen molar-refractivity contribution >= 4 is 0 Å². The van der Waals surface area contributed by atoms with Crippen molar-refractivity contribution in [3.63, 3.8) is 0 Å². The molecule has 0 saturated carbocycles. The van der Waals surface area contributed by atoms with Crippen LogP contribution in [0.3, 0.4) is 0 Å². The minimum atomic E-state index is -0.0537. The van der Waals surface area contributed by atoms with E-state index in [1.54, 1.807) is 10.6 Å². The molecule has 1 aliphatic heterocycles.